The predicted octanol–water partition coefficient (Wildman–Crippen LogP) is 1.31. The van der Waals surface area contributed by atoms with Crippen LogP contribution in [0.5, 0.6) is 0 Å². The van der Waals surface area contributed by atoms with Crippen molar-refractivity contribution in [3.8, 4) is 0 Å². The third-order valence-electron chi connectivity index (χ3n) is 2.93. The predicted molar refractivity (Wildman–Crippen MR) is 83.9 cm³/mol. The number of thioether (sulfide) groups is 1. The minimum absolute atomic E-state index is 0.0189. The van der Waals surface area contributed by atoms with Gasteiger partial charge in [0.15, 0.2) is 4.34 Å². The summed E-state index contributed by atoms with van der Waals surface area (Å²) in [6.07, 6.45) is 0.0189. The lowest BCUT2D eigenvalue weighted by Crippen LogP contribution is -2.40. The number of amides is 4. The maximum Gasteiger partial charge on any atom is 0.325 e. The first-order chi connectivity index (χ1) is 10.3. The Labute approximate surface area is 136 Å². The summed E-state index contributed by atoms with van der Waals surface area (Å²) in [6.45, 7) is 5.29. The maximum atomic E-state index is 12.0. The Balaban J connectivity index is 1.85. The fraction of sp³-hybridized carbons (Fsp3) is 0.583. The molecule has 0 aromatic carbocycles. The van der Waals surface area contributed by atoms with Gasteiger partial charge in [-0.05, 0) is 19.6 Å². The molecule has 1 aliphatic rings. The van der Waals surface area contributed by atoms with E-state index in [0.717, 1.165) is 15.0 Å². The van der Waals surface area contributed by atoms with E-state index >= 15 is 0 Å². The zero-order chi connectivity index (χ0) is 16.3. The number of carbonyl (C=O) groups excluding carboxylic acids is 3. The SMILES string of the molecule is CCSc1nnc(NC(=O)CCN2C(=O)NC(C)(C)C2=O)s1. The Morgan fingerprint density at radius 1 is 1.41 bits per heavy atom. The summed E-state index contributed by atoms with van der Waals surface area (Å²) >= 11 is 2.84. The number of rotatable bonds is 6. The molecule has 1 aromatic heterocycles. The fourth-order valence-electron chi connectivity index (χ4n) is 1.86. The van der Waals surface area contributed by atoms with Gasteiger partial charge in [-0.3, -0.25) is 14.5 Å². The van der Waals surface area contributed by atoms with Crippen LogP contribution >= 0.6 is 23.1 Å². The highest BCUT2D eigenvalue weighted by Crippen LogP contribution is 2.25. The van der Waals surface area contributed by atoms with Gasteiger partial charge in [-0.2, -0.15) is 0 Å². The lowest BCUT2D eigenvalue weighted by atomic mass is 10.1. The third-order valence-corrected chi connectivity index (χ3v) is 4.78. The number of urea groups is 1. The normalized spacial score (nSPS) is 16.8. The van der Waals surface area contributed by atoms with E-state index < -0.39 is 11.6 Å². The van der Waals surface area contributed by atoms with Gasteiger partial charge in [0.05, 0.1) is 0 Å². The highest BCUT2D eigenvalue weighted by atomic mass is 32.2. The minimum atomic E-state index is -0.918. The minimum Gasteiger partial charge on any atom is -0.324 e. The molecule has 0 radical (unpaired) electrons. The lowest BCUT2D eigenvalue weighted by Gasteiger charge is -2.15. The first kappa shape index (κ1) is 16.7. The monoisotopic (exact) mass is 343 g/mol. The third kappa shape index (κ3) is 3.74. The molecule has 4 amide bonds. The summed E-state index contributed by atoms with van der Waals surface area (Å²) in [7, 11) is 0. The molecular weight excluding hydrogens is 326 g/mol. The van der Waals surface area contributed by atoms with Crippen molar-refractivity contribution in [3.63, 3.8) is 0 Å². The van der Waals surface area contributed by atoms with Crippen LogP contribution in [-0.4, -0.2) is 50.8 Å². The van der Waals surface area contributed by atoms with E-state index in [2.05, 4.69) is 20.8 Å². The number of anilines is 1. The summed E-state index contributed by atoms with van der Waals surface area (Å²) < 4.78 is 0.786. The maximum absolute atomic E-state index is 12.0. The standard InChI is InChI=1S/C12H17N5O3S2/c1-4-21-11-16-15-9(22-11)13-7(18)5-6-17-8(19)12(2,3)14-10(17)20/h4-6H2,1-3H3,(H,14,20)(H,13,15,18). The molecule has 2 rings (SSSR count). The first-order valence-corrected chi connectivity index (χ1v) is 8.54. The second-order valence-electron chi connectivity index (χ2n) is 5.12. The van der Waals surface area contributed by atoms with Gasteiger partial charge in [-0.25, -0.2) is 4.79 Å². The summed E-state index contributed by atoms with van der Waals surface area (Å²) in [5, 5.41) is 13.4. The number of hydrogen-bond donors (Lipinski definition) is 2. The molecule has 120 valence electrons. The van der Waals surface area contributed by atoms with E-state index in [1.807, 2.05) is 6.92 Å². The van der Waals surface area contributed by atoms with Crippen molar-refractivity contribution in [1.29, 1.82) is 0 Å². The topological polar surface area (TPSA) is 104 Å². The van der Waals surface area contributed by atoms with Crippen molar-refractivity contribution in [2.45, 2.75) is 37.1 Å². The number of aromatic nitrogens is 2. The molecule has 2 N–H and O–H groups in total. The van der Waals surface area contributed by atoms with Crippen molar-refractivity contribution in [2.75, 3.05) is 17.6 Å². The van der Waals surface area contributed by atoms with E-state index in [0.29, 0.717) is 5.13 Å². The zero-order valence-electron chi connectivity index (χ0n) is 12.5. The Hall–Kier alpha value is -1.68. The van der Waals surface area contributed by atoms with Gasteiger partial charge in [0, 0.05) is 13.0 Å². The van der Waals surface area contributed by atoms with Gasteiger partial charge in [0.2, 0.25) is 11.0 Å². The number of nitrogens with zero attached hydrogens (tertiary/aromatic N) is 3. The molecule has 0 aliphatic carbocycles. The molecule has 8 nitrogen and oxygen atoms in total. The molecule has 0 unspecified atom stereocenters. The van der Waals surface area contributed by atoms with Crippen LogP contribution in [0.25, 0.3) is 0 Å². The summed E-state index contributed by atoms with van der Waals surface area (Å²) in [6, 6.07) is -0.472. The van der Waals surface area contributed by atoms with E-state index in [1.54, 1.807) is 25.6 Å². The first-order valence-electron chi connectivity index (χ1n) is 6.73. The van der Waals surface area contributed by atoms with Gasteiger partial charge in [0.25, 0.3) is 5.91 Å². The Bertz CT molecular complexity index is 601. The van der Waals surface area contributed by atoms with E-state index in [9.17, 15) is 14.4 Å². The summed E-state index contributed by atoms with van der Waals surface area (Å²) in [4.78, 5) is 36.6. The van der Waals surface area contributed by atoms with Crippen LogP contribution in [0.1, 0.15) is 27.2 Å². The van der Waals surface area contributed by atoms with Crippen LogP contribution in [0.15, 0.2) is 4.34 Å². The lowest BCUT2D eigenvalue weighted by molar-refractivity contribution is -0.130. The number of nitrogens with one attached hydrogen (secondary N) is 2. The van der Waals surface area contributed by atoms with Gasteiger partial charge >= 0.3 is 6.03 Å². The molecule has 10 heteroatoms. The average Bonchev–Trinajstić information content (AvgIpc) is 2.92. The molecule has 1 saturated heterocycles. The highest BCUT2D eigenvalue weighted by Gasteiger charge is 2.43. The highest BCUT2D eigenvalue weighted by molar-refractivity contribution is 8.01. The fourth-order valence-corrected chi connectivity index (χ4v) is 3.52. The van der Waals surface area contributed by atoms with Gasteiger partial charge in [0.1, 0.15) is 5.54 Å². The van der Waals surface area contributed by atoms with Crippen LogP contribution in [0, 0.1) is 0 Å². The zero-order valence-corrected chi connectivity index (χ0v) is 14.1. The van der Waals surface area contributed by atoms with Gasteiger partial charge < -0.3 is 10.6 Å². The molecule has 1 aliphatic heterocycles. The molecule has 22 heavy (non-hydrogen) atoms. The Morgan fingerprint density at radius 3 is 2.73 bits per heavy atom. The van der Waals surface area contributed by atoms with Crippen LogP contribution in [0.3, 0.4) is 0 Å². The summed E-state index contributed by atoms with van der Waals surface area (Å²) in [5.41, 5.74) is -0.918. The molecule has 0 spiro atoms. The molecule has 2 heterocycles. The Morgan fingerprint density at radius 2 is 2.14 bits per heavy atom. The smallest absolute Gasteiger partial charge is 0.324 e. The molecule has 0 bridgehead atoms. The summed E-state index contributed by atoms with van der Waals surface area (Å²) in [5.74, 6) is 0.238. The van der Waals surface area contributed by atoms with E-state index in [1.165, 1.54) is 11.3 Å². The van der Waals surface area contributed by atoms with Crippen molar-refractivity contribution in [1.82, 2.24) is 20.4 Å². The quantitative estimate of drug-likeness (QED) is 0.458. The van der Waals surface area contributed by atoms with Crippen LogP contribution in [0.2, 0.25) is 0 Å². The second-order valence-corrected chi connectivity index (χ2v) is 7.60. The second kappa shape index (κ2) is 6.61. The molecular formula is C12H17N5O3S2. The van der Waals surface area contributed by atoms with Crippen molar-refractivity contribution >= 4 is 46.1 Å². The van der Waals surface area contributed by atoms with Crippen molar-refractivity contribution in [3.05, 3.63) is 0 Å². The van der Waals surface area contributed by atoms with Gasteiger partial charge in [-0.15, -0.1) is 10.2 Å². The number of carbonyl (C=O) groups is 3. The number of imide groups is 1. The largest absolute Gasteiger partial charge is 0.325 e. The number of hydrogen-bond acceptors (Lipinski definition) is 7. The van der Waals surface area contributed by atoms with Crippen molar-refractivity contribution in [2.24, 2.45) is 0 Å². The van der Waals surface area contributed by atoms with Crippen LogP contribution < -0.4 is 10.6 Å². The molecule has 0 atom stereocenters. The van der Waals surface area contributed by atoms with Crippen LogP contribution in [-0.2, 0) is 9.59 Å². The van der Waals surface area contributed by atoms with Crippen molar-refractivity contribution < 1.29 is 14.4 Å². The van der Waals surface area contributed by atoms with E-state index in [-0.39, 0.29) is 24.8 Å². The molecule has 0 saturated carbocycles. The Kier molecular flexibility index (Phi) is 5.01. The molecule has 1 fully saturated rings. The van der Waals surface area contributed by atoms with E-state index in [4.69, 9.17) is 0 Å². The average molecular weight is 343 g/mol. The van der Waals surface area contributed by atoms with Crippen LogP contribution in [0.4, 0.5) is 9.93 Å². The van der Waals surface area contributed by atoms with Gasteiger partial charge in [-0.1, -0.05) is 30.0 Å². The molecule has 1 aromatic rings.